The van der Waals surface area contributed by atoms with Gasteiger partial charge in [0.15, 0.2) is 0 Å². The molecule has 5 nitrogen and oxygen atoms in total. The maximum atomic E-state index is 11.7. The first-order valence-electron chi connectivity index (χ1n) is 6.49. The number of amides is 1. The van der Waals surface area contributed by atoms with Crippen LogP contribution < -0.4 is 15.8 Å². The van der Waals surface area contributed by atoms with Crippen LogP contribution in [0.4, 0.5) is 5.69 Å². The van der Waals surface area contributed by atoms with Crippen LogP contribution in [-0.4, -0.2) is 44.6 Å². The summed E-state index contributed by atoms with van der Waals surface area (Å²) in [6, 6.07) is 5.09. The van der Waals surface area contributed by atoms with Crippen LogP contribution in [0.2, 0.25) is 0 Å². The van der Waals surface area contributed by atoms with Crippen molar-refractivity contribution in [2.75, 3.05) is 39.5 Å². The van der Waals surface area contributed by atoms with Crippen LogP contribution in [0.15, 0.2) is 18.2 Å². The third-order valence-corrected chi connectivity index (χ3v) is 2.62. The standard InChI is InChI=1S/C14H23N3O2/c1-4-16-14(18)11-6-7-12(15)13(10-11)19-9-5-8-17(2)3/h6-7,10H,4-5,8-9,15H2,1-3H3,(H,16,18). The highest BCUT2D eigenvalue weighted by atomic mass is 16.5. The smallest absolute Gasteiger partial charge is 0.251 e. The van der Waals surface area contributed by atoms with Crippen molar-refractivity contribution >= 4 is 11.6 Å². The molecule has 0 radical (unpaired) electrons. The topological polar surface area (TPSA) is 67.6 Å². The van der Waals surface area contributed by atoms with E-state index < -0.39 is 0 Å². The molecular weight excluding hydrogens is 242 g/mol. The largest absolute Gasteiger partial charge is 0.491 e. The van der Waals surface area contributed by atoms with Crippen LogP contribution in [0.5, 0.6) is 5.75 Å². The number of nitrogens with one attached hydrogen (secondary N) is 1. The van der Waals surface area contributed by atoms with Crippen LogP contribution in [0.25, 0.3) is 0 Å². The number of ether oxygens (including phenoxy) is 1. The van der Waals surface area contributed by atoms with E-state index in [1.807, 2.05) is 21.0 Å². The van der Waals surface area contributed by atoms with E-state index in [1.165, 1.54) is 0 Å². The average Bonchev–Trinajstić information content (AvgIpc) is 2.36. The molecule has 0 fully saturated rings. The molecule has 1 rings (SSSR count). The molecule has 0 aromatic heterocycles. The van der Waals surface area contributed by atoms with E-state index in [2.05, 4.69) is 10.2 Å². The molecule has 19 heavy (non-hydrogen) atoms. The maximum Gasteiger partial charge on any atom is 0.251 e. The van der Waals surface area contributed by atoms with Crippen molar-refractivity contribution in [3.63, 3.8) is 0 Å². The monoisotopic (exact) mass is 265 g/mol. The highest BCUT2D eigenvalue weighted by molar-refractivity contribution is 5.95. The molecule has 0 saturated heterocycles. The number of anilines is 1. The van der Waals surface area contributed by atoms with Gasteiger partial charge in [0.2, 0.25) is 0 Å². The van der Waals surface area contributed by atoms with E-state index in [4.69, 9.17) is 10.5 Å². The van der Waals surface area contributed by atoms with Crippen molar-refractivity contribution in [3.05, 3.63) is 23.8 Å². The molecule has 0 saturated carbocycles. The first-order valence-corrected chi connectivity index (χ1v) is 6.49. The number of hydrogen-bond donors (Lipinski definition) is 2. The SMILES string of the molecule is CCNC(=O)c1ccc(N)c(OCCCN(C)C)c1. The predicted octanol–water partition coefficient (Wildman–Crippen LogP) is 1.35. The quantitative estimate of drug-likeness (QED) is 0.577. The van der Waals surface area contributed by atoms with E-state index in [0.29, 0.717) is 30.2 Å². The maximum absolute atomic E-state index is 11.7. The van der Waals surface area contributed by atoms with Crippen LogP contribution in [0.3, 0.4) is 0 Å². The fourth-order valence-electron chi connectivity index (χ4n) is 1.63. The minimum atomic E-state index is -0.111. The number of benzene rings is 1. The first kappa shape index (κ1) is 15.3. The Morgan fingerprint density at radius 3 is 2.79 bits per heavy atom. The second kappa shape index (κ2) is 7.63. The molecular formula is C14H23N3O2. The highest BCUT2D eigenvalue weighted by Gasteiger charge is 2.08. The van der Waals surface area contributed by atoms with Gasteiger partial charge in [-0.2, -0.15) is 0 Å². The van der Waals surface area contributed by atoms with Gasteiger partial charge in [-0.25, -0.2) is 0 Å². The van der Waals surface area contributed by atoms with Crippen molar-refractivity contribution in [3.8, 4) is 5.75 Å². The van der Waals surface area contributed by atoms with Gasteiger partial charge in [0.25, 0.3) is 5.91 Å². The number of carbonyl (C=O) groups is 1. The fraction of sp³-hybridized carbons (Fsp3) is 0.500. The van der Waals surface area contributed by atoms with Gasteiger partial charge in [-0.05, 0) is 45.6 Å². The predicted molar refractivity (Wildman–Crippen MR) is 77.5 cm³/mol. The van der Waals surface area contributed by atoms with Gasteiger partial charge in [-0.1, -0.05) is 0 Å². The fourth-order valence-corrected chi connectivity index (χ4v) is 1.63. The van der Waals surface area contributed by atoms with E-state index in [1.54, 1.807) is 18.2 Å². The summed E-state index contributed by atoms with van der Waals surface area (Å²) in [6.07, 6.45) is 0.915. The van der Waals surface area contributed by atoms with E-state index in [9.17, 15) is 4.79 Å². The summed E-state index contributed by atoms with van der Waals surface area (Å²) in [5, 5.41) is 2.75. The molecule has 0 bridgehead atoms. The molecule has 0 aliphatic carbocycles. The number of hydrogen-bond acceptors (Lipinski definition) is 4. The Morgan fingerprint density at radius 1 is 1.42 bits per heavy atom. The zero-order valence-electron chi connectivity index (χ0n) is 11.9. The van der Waals surface area contributed by atoms with Gasteiger partial charge in [-0.3, -0.25) is 4.79 Å². The summed E-state index contributed by atoms with van der Waals surface area (Å²) < 4.78 is 5.62. The number of carbonyl (C=O) groups excluding carboxylic acids is 1. The zero-order valence-corrected chi connectivity index (χ0v) is 11.9. The first-order chi connectivity index (χ1) is 9.04. The van der Waals surface area contributed by atoms with Crippen molar-refractivity contribution in [2.45, 2.75) is 13.3 Å². The Hall–Kier alpha value is -1.75. The Bertz CT molecular complexity index is 419. The summed E-state index contributed by atoms with van der Waals surface area (Å²) >= 11 is 0. The van der Waals surface area contributed by atoms with E-state index in [-0.39, 0.29) is 5.91 Å². The van der Waals surface area contributed by atoms with Crippen molar-refractivity contribution in [1.29, 1.82) is 0 Å². The molecule has 1 aromatic rings. The van der Waals surface area contributed by atoms with Crippen molar-refractivity contribution in [2.24, 2.45) is 0 Å². The molecule has 106 valence electrons. The summed E-state index contributed by atoms with van der Waals surface area (Å²) in [5.41, 5.74) is 6.96. The lowest BCUT2D eigenvalue weighted by molar-refractivity contribution is 0.0955. The molecule has 0 unspecified atom stereocenters. The van der Waals surface area contributed by atoms with Gasteiger partial charge in [0.05, 0.1) is 12.3 Å². The normalized spacial score (nSPS) is 10.5. The summed E-state index contributed by atoms with van der Waals surface area (Å²) in [5.74, 6) is 0.461. The molecule has 0 spiro atoms. The lowest BCUT2D eigenvalue weighted by Gasteiger charge is -2.12. The van der Waals surface area contributed by atoms with Crippen molar-refractivity contribution in [1.82, 2.24) is 10.2 Å². The van der Waals surface area contributed by atoms with Gasteiger partial charge in [0, 0.05) is 18.7 Å². The minimum Gasteiger partial charge on any atom is -0.491 e. The number of nitrogens with two attached hydrogens (primary N) is 1. The number of nitrogen functional groups attached to an aromatic ring is 1. The summed E-state index contributed by atoms with van der Waals surface area (Å²) in [7, 11) is 4.04. The second-order valence-corrected chi connectivity index (χ2v) is 4.62. The molecule has 5 heteroatoms. The van der Waals surface area contributed by atoms with E-state index >= 15 is 0 Å². The van der Waals surface area contributed by atoms with Gasteiger partial charge in [-0.15, -0.1) is 0 Å². The van der Waals surface area contributed by atoms with Gasteiger partial charge in [0.1, 0.15) is 5.75 Å². The zero-order chi connectivity index (χ0) is 14.3. The van der Waals surface area contributed by atoms with Gasteiger partial charge < -0.3 is 20.7 Å². The van der Waals surface area contributed by atoms with Crippen molar-refractivity contribution < 1.29 is 9.53 Å². The molecule has 1 aromatic carbocycles. The molecule has 1 amide bonds. The molecule has 0 heterocycles. The third-order valence-electron chi connectivity index (χ3n) is 2.62. The van der Waals surface area contributed by atoms with Crippen LogP contribution in [0.1, 0.15) is 23.7 Å². The Balaban J connectivity index is 2.61. The lowest BCUT2D eigenvalue weighted by atomic mass is 10.2. The van der Waals surface area contributed by atoms with Crippen LogP contribution in [0, 0.1) is 0 Å². The molecule has 3 N–H and O–H groups in total. The second-order valence-electron chi connectivity index (χ2n) is 4.62. The average molecular weight is 265 g/mol. The minimum absolute atomic E-state index is 0.111. The summed E-state index contributed by atoms with van der Waals surface area (Å²) in [6.45, 7) is 4.02. The summed E-state index contributed by atoms with van der Waals surface area (Å²) in [4.78, 5) is 13.8. The number of rotatable bonds is 7. The Labute approximate surface area is 114 Å². The van der Waals surface area contributed by atoms with E-state index in [0.717, 1.165) is 13.0 Å². The van der Waals surface area contributed by atoms with Crippen LogP contribution >= 0.6 is 0 Å². The van der Waals surface area contributed by atoms with Crippen LogP contribution in [-0.2, 0) is 0 Å². The molecule has 0 aliphatic rings. The Morgan fingerprint density at radius 2 is 2.16 bits per heavy atom. The molecule has 0 aliphatic heterocycles. The lowest BCUT2D eigenvalue weighted by Crippen LogP contribution is -2.22. The highest BCUT2D eigenvalue weighted by Crippen LogP contribution is 2.22. The van der Waals surface area contributed by atoms with Gasteiger partial charge >= 0.3 is 0 Å². The molecule has 0 atom stereocenters. The number of nitrogens with zero attached hydrogens (tertiary/aromatic N) is 1. The Kier molecular flexibility index (Phi) is 6.15. The third kappa shape index (κ3) is 5.18.